The zero-order valence-electron chi connectivity index (χ0n) is 13.4. The molecule has 0 fully saturated rings. The molecule has 0 spiro atoms. The summed E-state index contributed by atoms with van der Waals surface area (Å²) in [5.41, 5.74) is 7.09. The molecule has 128 valence electrons. The molecular weight excluding hydrogens is 312 g/mol. The summed E-state index contributed by atoms with van der Waals surface area (Å²) in [7, 11) is 1.50. The molecule has 0 saturated heterocycles. The number of benzene rings is 1. The van der Waals surface area contributed by atoms with Crippen LogP contribution in [-0.2, 0) is 22.7 Å². The van der Waals surface area contributed by atoms with E-state index in [9.17, 15) is 19.2 Å². The second-order valence-electron chi connectivity index (χ2n) is 5.52. The maximum absolute atomic E-state index is 12.7. The van der Waals surface area contributed by atoms with E-state index in [1.807, 2.05) is 0 Å². The minimum atomic E-state index is -0.688. The van der Waals surface area contributed by atoms with Gasteiger partial charge in [0, 0.05) is 32.1 Å². The summed E-state index contributed by atoms with van der Waals surface area (Å²) in [6.07, 6.45) is 1.21. The minimum Gasteiger partial charge on any atom is -0.357 e. The van der Waals surface area contributed by atoms with Crippen LogP contribution in [0.15, 0.2) is 18.2 Å². The van der Waals surface area contributed by atoms with Crippen molar-refractivity contribution in [3.05, 3.63) is 34.9 Å². The number of nitrogens with zero attached hydrogens (tertiary/aromatic N) is 1. The molecule has 8 nitrogen and oxygen atoms in total. The number of fused-ring (bicyclic) bond motifs is 1. The van der Waals surface area contributed by atoms with Crippen LogP contribution in [0.2, 0.25) is 0 Å². The summed E-state index contributed by atoms with van der Waals surface area (Å²) >= 11 is 0. The van der Waals surface area contributed by atoms with Crippen molar-refractivity contribution in [1.82, 2.24) is 15.5 Å². The Bertz CT molecular complexity index is 674. The Morgan fingerprint density at radius 2 is 2.17 bits per heavy atom. The molecule has 4 N–H and O–H groups in total. The van der Waals surface area contributed by atoms with Crippen LogP contribution in [0, 0.1) is 0 Å². The highest BCUT2D eigenvalue weighted by atomic mass is 16.2. The van der Waals surface area contributed by atoms with Crippen molar-refractivity contribution >= 4 is 24.1 Å². The van der Waals surface area contributed by atoms with Gasteiger partial charge in [-0.2, -0.15) is 0 Å². The molecule has 1 aliphatic rings. The first-order chi connectivity index (χ1) is 11.5. The topological polar surface area (TPSA) is 122 Å². The highest BCUT2D eigenvalue weighted by Gasteiger charge is 2.35. The van der Waals surface area contributed by atoms with Crippen molar-refractivity contribution in [2.45, 2.75) is 32.0 Å². The molecule has 0 bridgehead atoms. The number of hydrogen-bond acceptors (Lipinski definition) is 4. The molecule has 4 amide bonds. The average molecular weight is 332 g/mol. The molecule has 1 unspecified atom stereocenters. The van der Waals surface area contributed by atoms with E-state index in [0.29, 0.717) is 12.1 Å². The first-order valence-corrected chi connectivity index (χ1v) is 7.59. The maximum atomic E-state index is 12.7. The molecule has 0 aromatic heterocycles. The van der Waals surface area contributed by atoms with E-state index in [4.69, 9.17) is 5.73 Å². The average Bonchev–Trinajstić information content (AvgIpc) is 2.89. The van der Waals surface area contributed by atoms with E-state index < -0.39 is 12.1 Å². The van der Waals surface area contributed by atoms with Crippen LogP contribution in [0.1, 0.15) is 34.3 Å². The normalized spacial score (nSPS) is 14.0. The number of hydrogen-bond donors (Lipinski definition) is 3. The standard InChI is InChI=1S/C16H20N4O4/c1-18-14(22)13(3-2-6-21)20-9-11-5-4-10(8-19-16(17)24)7-12(11)15(20)23/h4-7,13H,2-3,8-9H2,1H3,(H,18,22)(H3,17,19,24). The van der Waals surface area contributed by atoms with E-state index >= 15 is 0 Å². The minimum absolute atomic E-state index is 0.200. The number of amides is 4. The summed E-state index contributed by atoms with van der Waals surface area (Å²) in [5, 5.41) is 5.00. The second kappa shape index (κ2) is 7.58. The van der Waals surface area contributed by atoms with Crippen molar-refractivity contribution in [2.24, 2.45) is 5.73 Å². The third kappa shape index (κ3) is 3.70. The quantitative estimate of drug-likeness (QED) is 0.604. The Kier molecular flexibility index (Phi) is 5.51. The van der Waals surface area contributed by atoms with Crippen LogP contribution in [0.3, 0.4) is 0 Å². The lowest BCUT2D eigenvalue weighted by atomic mass is 10.1. The van der Waals surface area contributed by atoms with Crippen LogP contribution in [-0.4, -0.2) is 42.1 Å². The van der Waals surface area contributed by atoms with Gasteiger partial charge in [-0.15, -0.1) is 0 Å². The van der Waals surface area contributed by atoms with E-state index in [2.05, 4.69) is 10.6 Å². The lowest BCUT2D eigenvalue weighted by molar-refractivity contribution is -0.125. The molecule has 1 aromatic rings. The van der Waals surface area contributed by atoms with Crippen molar-refractivity contribution in [3.63, 3.8) is 0 Å². The number of nitrogens with two attached hydrogens (primary N) is 1. The first kappa shape index (κ1) is 17.5. The number of carbonyl (C=O) groups excluding carboxylic acids is 4. The van der Waals surface area contributed by atoms with Crippen LogP contribution in [0.4, 0.5) is 4.79 Å². The highest BCUT2D eigenvalue weighted by molar-refractivity contribution is 6.01. The largest absolute Gasteiger partial charge is 0.357 e. The Morgan fingerprint density at radius 1 is 1.42 bits per heavy atom. The molecule has 8 heteroatoms. The van der Waals surface area contributed by atoms with Crippen molar-refractivity contribution in [1.29, 1.82) is 0 Å². The Balaban J connectivity index is 2.20. The fourth-order valence-electron chi connectivity index (χ4n) is 2.74. The molecule has 0 radical (unpaired) electrons. The number of urea groups is 1. The van der Waals surface area contributed by atoms with Gasteiger partial charge in [-0.1, -0.05) is 12.1 Å². The molecule has 1 heterocycles. The first-order valence-electron chi connectivity index (χ1n) is 7.59. The summed E-state index contributed by atoms with van der Waals surface area (Å²) in [6.45, 7) is 0.536. The van der Waals surface area contributed by atoms with Crippen LogP contribution < -0.4 is 16.4 Å². The number of carbonyl (C=O) groups is 4. The molecular formula is C16H20N4O4. The second-order valence-corrected chi connectivity index (χ2v) is 5.52. The number of rotatable bonds is 7. The van der Waals surface area contributed by atoms with Gasteiger partial charge in [0.25, 0.3) is 5.91 Å². The van der Waals surface area contributed by atoms with Gasteiger partial charge in [0.15, 0.2) is 0 Å². The smallest absolute Gasteiger partial charge is 0.312 e. The Hall–Kier alpha value is -2.90. The molecule has 1 atom stereocenters. The van der Waals surface area contributed by atoms with Gasteiger partial charge in [-0.25, -0.2) is 4.79 Å². The molecule has 1 aliphatic heterocycles. The molecule has 0 aliphatic carbocycles. The number of likely N-dealkylation sites (N-methyl/N-ethyl adjacent to an activating group) is 1. The van der Waals surface area contributed by atoms with Crippen LogP contribution >= 0.6 is 0 Å². The van der Waals surface area contributed by atoms with Crippen LogP contribution in [0.5, 0.6) is 0 Å². The molecule has 0 saturated carbocycles. The monoisotopic (exact) mass is 332 g/mol. The number of primary amides is 1. The maximum Gasteiger partial charge on any atom is 0.312 e. The van der Waals surface area contributed by atoms with Gasteiger partial charge < -0.3 is 26.1 Å². The predicted molar refractivity (Wildman–Crippen MR) is 85.9 cm³/mol. The summed E-state index contributed by atoms with van der Waals surface area (Å²) < 4.78 is 0. The van der Waals surface area contributed by atoms with Gasteiger partial charge in [0.1, 0.15) is 12.3 Å². The fraction of sp³-hybridized carbons (Fsp3) is 0.375. The summed E-state index contributed by atoms with van der Waals surface area (Å²) in [4.78, 5) is 47.6. The number of nitrogens with one attached hydrogen (secondary N) is 2. The molecule has 2 rings (SSSR count). The van der Waals surface area contributed by atoms with Gasteiger partial charge in [-0.05, 0) is 23.6 Å². The van der Waals surface area contributed by atoms with Gasteiger partial charge in [0.2, 0.25) is 5.91 Å². The predicted octanol–water partition coefficient (Wildman–Crippen LogP) is -0.0956. The molecule has 24 heavy (non-hydrogen) atoms. The molecule has 1 aromatic carbocycles. The number of aldehydes is 1. The zero-order valence-corrected chi connectivity index (χ0v) is 13.4. The van der Waals surface area contributed by atoms with Gasteiger partial charge >= 0.3 is 6.03 Å². The van der Waals surface area contributed by atoms with Crippen LogP contribution in [0.25, 0.3) is 0 Å². The summed E-state index contributed by atoms with van der Waals surface area (Å²) in [6, 6.07) is 3.95. The van der Waals surface area contributed by atoms with E-state index in [1.54, 1.807) is 18.2 Å². The highest BCUT2D eigenvalue weighted by Crippen LogP contribution is 2.27. The third-order valence-electron chi connectivity index (χ3n) is 3.96. The lowest BCUT2D eigenvalue weighted by Crippen LogP contribution is -2.46. The van der Waals surface area contributed by atoms with Crippen molar-refractivity contribution in [3.8, 4) is 0 Å². The van der Waals surface area contributed by atoms with Gasteiger partial charge in [0.05, 0.1) is 0 Å². The SMILES string of the molecule is CNC(=O)C(CCC=O)N1Cc2ccc(CNC(N)=O)cc2C1=O. The third-order valence-corrected chi connectivity index (χ3v) is 3.96. The fourth-order valence-corrected chi connectivity index (χ4v) is 2.74. The summed E-state index contributed by atoms with van der Waals surface area (Å²) in [5.74, 6) is -0.556. The van der Waals surface area contributed by atoms with E-state index in [-0.39, 0.29) is 31.2 Å². The Labute approximate surface area is 139 Å². The zero-order chi connectivity index (χ0) is 17.7. The lowest BCUT2D eigenvalue weighted by Gasteiger charge is -2.25. The van der Waals surface area contributed by atoms with E-state index in [0.717, 1.165) is 17.4 Å². The van der Waals surface area contributed by atoms with E-state index in [1.165, 1.54) is 11.9 Å². The Morgan fingerprint density at radius 3 is 2.79 bits per heavy atom. The van der Waals surface area contributed by atoms with Crippen molar-refractivity contribution in [2.75, 3.05) is 7.05 Å². The van der Waals surface area contributed by atoms with Crippen molar-refractivity contribution < 1.29 is 19.2 Å². The van der Waals surface area contributed by atoms with Gasteiger partial charge in [-0.3, -0.25) is 9.59 Å².